The number of benzene rings is 2. The van der Waals surface area contributed by atoms with Crippen molar-refractivity contribution in [1.29, 1.82) is 0 Å². The van der Waals surface area contributed by atoms with Crippen molar-refractivity contribution in [3.63, 3.8) is 0 Å². The topological polar surface area (TPSA) is 114 Å². The number of rotatable bonds is 7. The van der Waals surface area contributed by atoms with Gasteiger partial charge in [0.2, 0.25) is 0 Å². The average molecular weight is 476 g/mol. The summed E-state index contributed by atoms with van der Waals surface area (Å²) in [5.74, 6) is -0.385. The van der Waals surface area contributed by atoms with Crippen molar-refractivity contribution in [3.05, 3.63) is 114 Å². The van der Waals surface area contributed by atoms with E-state index in [-0.39, 0.29) is 18.1 Å². The highest BCUT2D eigenvalue weighted by Crippen LogP contribution is 2.34. The summed E-state index contributed by atoms with van der Waals surface area (Å²) in [6.07, 6.45) is 3.90. The number of aliphatic hydroxyl groups excluding tert-OH is 1. The lowest BCUT2D eigenvalue weighted by atomic mass is 9.96. The van der Waals surface area contributed by atoms with E-state index >= 15 is 0 Å². The molecular formula is C29H25N5O2. The molecule has 7 heteroatoms. The summed E-state index contributed by atoms with van der Waals surface area (Å²) in [7, 11) is 0. The third-order valence-corrected chi connectivity index (χ3v) is 6.03. The number of pyridine rings is 3. The predicted molar refractivity (Wildman–Crippen MR) is 140 cm³/mol. The zero-order valence-corrected chi connectivity index (χ0v) is 19.5. The molecule has 0 aliphatic heterocycles. The van der Waals surface area contributed by atoms with E-state index in [1.807, 2.05) is 60.7 Å². The molecule has 36 heavy (non-hydrogen) atoms. The van der Waals surface area contributed by atoms with Crippen molar-refractivity contribution in [2.75, 3.05) is 6.54 Å². The molecule has 7 nitrogen and oxygen atoms in total. The first-order valence-electron chi connectivity index (χ1n) is 11.6. The van der Waals surface area contributed by atoms with Crippen LogP contribution in [0.15, 0.2) is 97.5 Å². The molecule has 3 heterocycles. The first kappa shape index (κ1) is 23.3. The predicted octanol–water partition coefficient (Wildman–Crippen LogP) is 4.28. The molecule has 5 rings (SSSR count). The van der Waals surface area contributed by atoms with Gasteiger partial charge >= 0.3 is 0 Å². The molecule has 0 saturated carbocycles. The number of fused-ring (bicyclic) bond motifs is 1. The van der Waals surface area contributed by atoms with Crippen LogP contribution < -0.4 is 11.1 Å². The second-order valence-electron chi connectivity index (χ2n) is 8.39. The van der Waals surface area contributed by atoms with Crippen molar-refractivity contribution in [3.8, 4) is 22.4 Å². The lowest BCUT2D eigenvalue weighted by Gasteiger charge is -2.15. The second kappa shape index (κ2) is 10.4. The van der Waals surface area contributed by atoms with Crippen LogP contribution in [0.1, 0.15) is 27.7 Å². The molecule has 0 aliphatic carbocycles. The molecule has 0 saturated heterocycles. The quantitative estimate of drug-likeness (QED) is 0.324. The Balaban J connectivity index is 1.54. The van der Waals surface area contributed by atoms with Gasteiger partial charge in [-0.25, -0.2) is 4.98 Å². The number of nitrogens with two attached hydrogens (primary N) is 1. The van der Waals surface area contributed by atoms with Gasteiger partial charge in [0, 0.05) is 53.8 Å². The molecule has 5 aromatic rings. The van der Waals surface area contributed by atoms with Crippen molar-refractivity contribution in [2.45, 2.75) is 12.6 Å². The van der Waals surface area contributed by atoms with E-state index in [2.05, 4.69) is 15.3 Å². The Labute approximate surface area is 208 Å². The lowest BCUT2D eigenvalue weighted by Crippen LogP contribution is -2.29. The van der Waals surface area contributed by atoms with Crippen LogP contribution in [0.5, 0.6) is 0 Å². The first-order chi connectivity index (χ1) is 17.6. The summed E-state index contributed by atoms with van der Waals surface area (Å²) in [5.41, 5.74) is 12.0. The number of nitrogens with one attached hydrogen (secondary N) is 1. The number of carbonyl (C=O) groups excluding carboxylic acids is 1. The molecule has 1 atom stereocenters. The number of aliphatic hydroxyl groups is 1. The normalized spacial score (nSPS) is 11.8. The number of hydrogen-bond donors (Lipinski definition) is 3. The maximum absolute atomic E-state index is 13.1. The standard InChI is InChI=1S/C29H25N5O2/c30-16-19-8-10-21(11-9-19)27-23(20-5-2-1-3-6-20)15-24-25(34-27)12-14-32-28(24)29(36)33-18-26(35)22-7-4-13-31-17-22/h1-15,17,26,35H,16,18,30H2,(H,33,36). The molecule has 3 aromatic heterocycles. The Bertz CT molecular complexity index is 1490. The molecule has 0 spiro atoms. The van der Waals surface area contributed by atoms with Crippen molar-refractivity contribution in [2.24, 2.45) is 5.73 Å². The zero-order valence-electron chi connectivity index (χ0n) is 19.5. The van der Waals surface area contributed by atoms with Crippen LogP contribution in [0.2, 0.25) is 0 Å². The SMILES string of the molecule is NCc1ccc(-c2nc3ccnc(C(=O)NCC(O)c4cccnc4)c3cc2-c2ccccc2)cc1. The highest BCUT2D eigenvalue weighted by molar-refractivity contribution is 6.06. The molecule has 4 N–H and O–H groups in total. The Morgan fingerprint density at radius 3 is 2.47 bits per heavy atom. The molecule has 0 radical (unpaired) electrons. The van der Waals surface area contributed by atoms with Gasteiger partial charge in [-0.15, -0.1) is 0 Å². The third-order valence-electron chi connectivity index (χ3n) is 6.03. The van der Waals surface area contributed by atoms with Crippen LogP contribution in [0, 0.1) is 0 Å². The highest BCUT2D eigenvalue weighted by atomic mass is 16.3. The first-order valence-corrected chi connectivity index (χ1v) is 11.6. The number of aromatic nitrogens is 3. The van der Waals surface area contributed by atoms with Crippen LogP contribution in [0.25, 0.3) is 33.3 Å². The summed E-state index contributed by atoms with van der Waals surface area (Å²) >= 11 is 0. The summed E-state index contributed by atoms with van der Waals surface area (Å²) in [6.45, 7) is 0.504. The van der Waals surface area contributed by atoms with E-state index in [0.29, 0.717) is 23.0 Å². The Kier molecular flexibility index (Phi) is 6.75. The van der Waals surface area contributed by atoms with Gasteiger partial charge in [0.05, 0.1) is 17.3 Å². The van der Waals surface area contributed by atoms with Crippen molar-refractivity contribution >= 4 is 16.8 Å². The van der Waals surface area contributed by atoms with E-state index < -0.39 is 6.10 Å². The fourth-order valence-electron chi connectivity index (χ4n) is 4.10. The molecule has 0 bridgehead atoms. The van der Waals surface area contributed by atoms with Crippen LogP contribution >= 0.6 is 0 Å². The number of nitrogens with zero attached hydrogens (tertiary/aromatic N) is 3. The van der Waals surface area contributed by atoms with Crippen molar-refractivity contribution < 1.29 is 9.90 Å². The van der Waals surface area contributed by atoms with Gasteiger partial charge in [0.15, 0.2) is 0 Å². The zero-order chi connectivity index (χ0) is 24.9. The largest absolute Gasteiger partial charge is 0.387 e. The summed E-state index contributed by atoms with van der Waals surface area (Å²) < 4.78 is 0. The van der Waals surface area contributed by atoms with E-state index in [1.54, 1.807) is 36.8 Å². The van der Waals surface area contributed by atoms with Gasteiger partial charge in [-0.2, -0.15) is 0 Å². The van der Waals surface area contributed by atoms with Crippen LogP contribution in [-0.4, -0.2) is 32.5 Å². The summed E-state index contributed by atoms with van der Waals surface area (Å²) in [5, 5.41) is 13.8. The fraction of sp³-hybridized carbons (Fsp3) is 0.103. The average Bonchev–Trinajstić information content (AvgIpc) is 2.95. The van der Waals surface area contributed by atoms with E-state index in [1.165, 1.54) is 0 Å². The minimum absolute atomic E-state index is 0.0349. The summed E-state index contributed by atoms with van der Waals surface area (Å²) in [4.78, 5) is 26.5. The molecule has 1 unspecified atom stereocenters. The van der Waals surface area contributed by atoms with Gasteiger partial charge in [0.1, 0.15) is 5.69 Å². The molecule has 2 aromatic carbocycles. The third kappa shape index (κ3) is 4.84. The van der Waals surface area contributed by atoms with E-state index in [4.69, 9.17) is 10.7 Å². The Morgan fingerprint density at radius 1 is 0.944 bits per heavy atom. The number of amides is 1. The highest BCUT2D eigenvalue weighted by Gasteiger charge is 2.18. The molecule has 178 valence electrons. The monoisotopic (exact) mass is 475 g/mol. The molecule has 1 amide bonds. The van der Waals surface area contributed by atoms with E-state index in [9.17, 15) is 9.90 Å². The van der Waals surface area contributed by atoms with Gasteiger partial charge < -0.3 is 16.2 Å². The van der Waals surface area contributed by atoms with Crippen LogP contribution in [-0.2, 0) is 6.54 Å². The number of hydrogen-bond acceptors (Lipinski definition) is 6. The van der Waals surface area contributed by atoms with Gasteiger partial charge in [-0.1, -0.05) is 60.7 Å². The fourth-order valence-corrected chi connectivity index (χ4v) is 4.10. The smallest absolute Gasteiger partial charge is 0.270 e. The Hall–Kier alpha value is -4.46. The van der Waals surface area contributed by atoms with Gasteiger partial charge in [-0.05, 0) is 29.3 Å². The number of carbonyl (C=O) groups is 1. The van der Waals surface area contributed by atoms with Crippen LogP contribution in [0.3, 0.4) is 0 Å². The molecule has 0 aliphatic rings. The molecular weight excluding hydrogens is 450 g/mol. The van der Waals surface area contributed by atoms with Crippen LogP contribution in [0.4, 0.5) is 0 Å². The lowest BCUT2D eigenvalue weighted by molar-refractivity contribution is 0.0913. The van der Waals surface area contributed by atoms with E-state index in [0.717, 1.165) is 27.9 Å². The van der Waals surface area contributed by atoms with Crippen molar-refractivity contribution in [1.82, 2.24) is 20.3 Å². The Morgan fingerprint density at radius 2 is 1.75 bits per heavy atom. The summed E-state index contributed by atoms with van der Waals surface area (Å²) in [6, 6.07) is 25.2. The maximum Gasteiger partial charge on any atom is 0.270 e. The van der Waals surface area contributed by atoms with Gasteiger partial charge in [-0.3, -0.25) is 14.8 Å². The van der Waals surface area contributed by atoms with Gasteiger partial charge in [0.25, 0.3) is 5.91 Å². The minimum atomic E-state index is -0.876. The maximum atomic E-state index is 13.1. The minimum Gasteiger partial charge on any atom is -0.387 e. The molecule has 0 fully saturated rings. The second-order valence-corrected chi connectivity index (χ2v) is 8.39.